The van der Waals surface area contributed by atoms with Crippen LogP contribution in [0.3, 0.4) is 0 Å². The van der Waals surface area contributed by atoms with E-state index >= 15 is 0 Å². The Labute approximate surface area is 193 Å². The number of hydrogen-bond donors (Lipinski definition) is 0. The van der Waals surface area contributed by atoms with Crippen molar-refractivity contribution >= 4 is 8.32 Å². The molecule has 1 aromatic rings. The molecule has 2 atom stereocenters. The van der Waals surface area contributed by atoms with Gasteiger partial charge < -0.3 is 9.16 Å². The van der Waals surface area contributed by atoms with Gasteiger partial charge in [-0.1, -0.05) is 51.1 Å². The molecule has 3 rings (SSSR count). The van der Waals surface area contributed by atoms with Crippen molar-refractivity contribution in [2.24, 2.45) is 5.92 Å². The molecule has 1 saturated heterocycles. The van der Waals surface area contributed by atoms with Gasteiger partial charge in [0.05, 0.1) is 6.10 Å². The highest BCUT2D eigenvalue weighted by Gasteiger charge is 2.45. The summed E-state index contributed by atoms with van der Waals surface area (Å²) in [6, 6.07) is 11.6. The Morgan fingerprint density at radius 3 is 2.26 bits per heavy atom. The van der Waals surface area contributed by atoms with Gasteiger partial charge in [0.2, 0.25) is 0 Å². The average Bonchev–Trinajstić information content (AvgIpc) is 3.02. The van der Waals surface area contributed by atoms with Crippen LogP contribution in [0.1, 0.15) is 78.2 Å². The van der Waals surface area contributed by atoms with Crippen molar-refractivity contribution in [2.75, 3.05) is 13.7 Å². The van der Waals surface area contributed by atoms with E-state index in [0.717, 1.165) is 19.1 Å². The maximum absolute atomic E-state index is 6.74. The number of likely N-dealkylation sites (tertiary alicyclic amines) is 1. The summed E-state index contributed by atoms with van der Waals surface area (Å²) in [6.07, 6.45) is 9.44. The van der Waals surface area contributed by atoms with Crippen molar-refractivity contribution in [3.63, 3.8) is 0 Å². The third-order valence-electron chi connectivity index (χ3n) is 8.64. The van der Waals surface area contributed by atoms with Gasteiger partial charge in [-0.15, -0.1) is 0 Å². The molecule has 1 heterocycles. The Balaban J connectivity index is 1.72. The Bertz CT molecular complexity index is 678. The van der Waals surface area contributed by atoms with Gasteiger partial charge in [0.15, 0.2) is 8.32 Å². The minimum Gasteiger partial charge on any atom is -0.415 e. The molecule has 1 aromatic carbocycles. The van der Waals surface area contributed by atoms with E-state index in [9.17, 15) is 0 Å². The van der Waals surface area contributed by atoms with Gasteiger partial charge in [0.1, 0.15) is 0 Å². The zero-order chi connectivity index (χ0) is 22.7. The largest absolute Gasteiger partial charge is 0.415 e. The molecule has 1 saturated carbocycles. The van der Waals surface area contributed by atoms with Gasteiger partial charge in [0.25, 0.3) is 0 Å². The van der Waals surface area contributed by atoms with E-state index in [2.05, 4.69) is 76.0 Å². The summed E-state index contributed by atoms with van der Waals surface area (Å²) in [5.74, 6) is 0.828. The first-order chi connectivity index (χ1) is 14.5. The minimum atomic E-state index is -1.74. The molecule has 1 aliphatic carbocycles. The van der Waals surface area contributed by atoms with Crippen molar-refractivity contribution in [3.8, 4) is 0 Å². The quantitative estimate of drug-likeness (QED) is 0.401. The van der Waals surface area contributed by atoms with Crippen LogP contribution in [0.15, 0.2) is 30.3 Å². The summed E-state index contributed by atoms with van der Waals surface area (Å²) in [5, 5.41) is 0.263. The predicted molar refractivity (Wildman–Crippen MR) is 134 cm³/mol. The fourth-order valence-corrected chi connectivity index (χ4v) is 6.47. The van der Waals surface area contributed by atoms with Gasteiger partial charge in [-0.2, -0.15) is 0 Å². The molecule has 0 amide bonds. The molecule has 2 aliphatic rings. The van der Waals surface area contributed by atoms with E-state index in [0.29, 0.717) is 12.1 Å². The smallest absolute Gasteiger partial charge is 0.192 e. The molecule has 2 fully saturated rings. The molecule has 0 spiro atoms. The molecule has 3 nitrogen and oxygen atoms in total. The summed E-state index contributed by atoms with van der Waals surface area (Å²) in [4.78, 5) is 2.82. The third kappa shape index (κ3) is 6.22. The van der Waals surface area contributed by atoms with Crippen molar-refractivity contribution in [1.29, 1.82) is 0 Å². The average molecular weight is 446 g/mol. The molecule has 176 valence electrons. The fraction of sp³-hybridized carbons (Fsp3) is 0.778. The lowest BCUT2D eigenvalue weighted by molar-refractivity contribution is 0.0265. The first kappa shape index (κ1) is 24.9. The van der Waals surface area contributed by atoms with Gasteiger partial charge in [0, 0.05) is 31.8 Å². The van der Waals surface area contributed by atoms with Crippen LogP contribution in [0.5, 0.6) is 0 Å². The molecule has 0 bridgehead atoms. The Kier molecular flexibility index (Phi) is 8.10. The van der Waals surface area contributed by atoms with Crippen molar-refractivity contribution in [1.82, 2.24) is 4.90 Å². The lowest BCUT2D eigenvalue weighted by atomic mass is 9.78. The van der Waals surface area contributed by atoms with E-state index < -0.39 is 8.32 Å². The van der Waals surface area contributed by atoms with Crippen LogP contribution < -0.4 is 0 Å². The molecular formula is C27H47NO2Si. The molecule has 1 unspecified atom stereocenters. The first-order valence-electron chi connectivity index (χ1n) is 12.5. The number of hydrogen-bond acceptors (Lipinski definition) is 3. The van der Waals surface area contributed by atoms with Crippen LogP contribution in [-0.4, -0.2) is 44.6 Å². The summed E-state index contributed by atoms with van der Waals surface area (Å²) in [5.41, 5.74) is 1.69. The fourth-order valence-electron chi connectivity index (χ4n) is 5.43. The van der Waals surface area contributed by atoms with E-state index in [1.807, 2.05) is 7.11 Å². The summed E-state index contributed by atoms with van der Waals surface area (Å²) < 4.78 is 12.4. The maximum atomic E-state index is 6.74. The summed E-state index contributed by atoms with van der Waals surface area (Å²) in [7, 11) is 0.138. The number of ether oxygens (including phenoxy) is 1. The second kappa shape index (κ2) is 10.1. The van der Waals surface area contributed by atoms with Crippen LogP contribution in [0.25, 0.3) is 0 Å². The highest BCUT2D eigenvalue weighted by atomic mass is 28.4. The second-order valence-corrected chi connectivity index (χ2v) is 16.8. The van der Waals surface area contributed by atoms with E-state index in [4.69, 9.17) is 9.16 Å². The topological polar surface area (TPSA) is 21.7 Å². The van der Waals surface area contributed by atoms with Crippen LogP contribution in [0.2, 0.25) is 18.1 Å². The molecule has 4 heteroatoms. The van der Waals surface area contributed by atoms with E-state index in [1.54, 1.807) is 0 Å². The third-order valence-corrected chi connectivity index (χ3v) is 13.1. The Hall–Kier alpha value is -0.683. The number of nitrogens with zero attached hydrogens (tertiary/aromatic N) is 1. The molecule has 0 N–H and O–H groups in total. The maximum Gasteiger partial charge on any atom is 0.192 e. The molecular weight excluding hydrogens is 398 g/mol. The molecule has 0 aromatic heterocycles. The van der Waals surface area contributed by atoms with E-state index in [1.165, 1.54) is 50.5 Å². The van der Waals surface area contributed by atoms with Gasteiger partial charge in [-0.3, -0.25) is 4.90 Å². The van der Waals surface area contributed by atoms with Crippen LogP contribution in [0, 0.1) is 5.92 Å². The zero-order valence-electron chi connectivity index (χ0n) is 21.2. The Morgan fingerprint density at radius 1 is 1.03 bits per heavy atom. The molecule has 31 heavy (non-hydrogen) atoms. The second-order valence-electron chi connectivity index (χ2n) is 12.0. The van der Waals surface area contributed by atoms with Gasteiger partial charge in [-0.25, -0.2) is 0 Å². The summed E-state index contributed by atoms with van der Waals surface area (Å²) in [6.45, 7) is 16.3. The van der Waals surface area contributed by atoms with Gasteiger partial charge >= 0.3 is 0 Å². The SMILES string of the molecule is COC1CCC(CC2(C)CC[C@H](CO[Si](C)(C)C(C)(C)C)N2Cc2ccccc2)CC1. The lowest BCUT2D eigenvalue weighted by Crippen LogP contribution is -2.49. The zero-order valence-corrected chi connectivity index (χ0v) is 22.2. The molecule has 0 radical (unpaired) electrons. The highest BCUT2D eigenvalue weighted by Crippen LogP contribution is 2.44. The standard InChI is InChI=1S/C27H47NO2Si/c1-26(2,3)31(6,7)30-21-24-17-18-27(4,19-22-13-15-25(29-5)16-14-22)28(24)20-23-11-9-8-10-12-23/h8-12,22,24-25H,13-21H2,1-7H3/t22?,24-,25?,27?/m1/s1. The summed E-state index contributed by atoms with van der Waals surface area (Å²) >= 11 is 0. The van der Waals surface area contributed by atoms with Crippen LogP contribution in [-0.2, 0) is 15.7 Å². The van der Waals surface area contributed by atoms with Gasteiger partial charge in [-0.05, 0) is 81.5 Å². The minimum absolute atomic E-state index is 0.263. The first-order valence-corrected chi connectivity index (χ1v) is 15.4. The number of rotatable bonds is 8. The molecule has 1 aliphatic heterocycles. The van der Waals surface area contributed by atoms with Crippen molar-refractivity contribution in [2.45, 2.75) is 115 Å². The predicted octanol–water partition coefficient (Wildman–Crippen LogP) is 7.03. The Morgan fingerprint density at radius 2 is 1.68 bits per heavy atom. The number of benzene rings is 1. The number of methoxy groups -OCH3 is 1. The van der Waals surface area contributed by atoms with Crippen LogP contribution >= 0.6 is 0 Å². The lowest BCUT2D eigenvalue weighted by Gasteiger charge is -2.43. The highest BCUT2D eigenvalue weighted by molar-refractivity contribution is 6.74. The van der Waals surface area contributed by atoms with Crippen molar-refractivity contribution in [3.05, 3.63) is 35.9 Å². The normalized spacial score (nSPS) is 30.6. The van der Waals surface area contributed by atoms with Crippen LogP contribution in [0.4, 0.5) is 0 Å². The monoisotopic (exact) mass is 445 g/mol. The van der Waals surface area contributed by atoms with E-state index in [-0.39, 0.29) is 10.6 Å². The van der Waals surface area contributed by atoms with Crippen molar-refractivity contribution < 1.29 is 9.16 Å².